The molecule has 2 N–H and O–H groups in total. The molecule has 0 fully saturated rings. The molecule has 4 heteroatoms. The molecule has 1 aromatic heterocycles. The molecule has 0 aliphatic heterocycles. The maximum atomic E-state index is 4.37. The van der Waals surface area contributed by atoms with Crippen LogP contribution in [-0.4, -0.2) is 23.1 Å². The van der Waals surface area contributed by atoms with Crippen LogP contribution in [0.25, 0.3) is 0 Å². The second-order valence-corrected chi connectivity index (χ2v) is 4.73. The van der Waals surface area contributed by atoms with Crippen molar-refractivity contribution in [1.29, 1.82) is 0 Å². The van der Waals surface area contributed by atoms with Crippen molar-refractivity contribution >= 4 is 11.6 Å². The average molecular weight is 236 g/mol. The van der Waals surface area contributed by atoms with E-state index in [0.29, 0.717) is 12.0 Å². The Kier molecular flexibility index (Phi) is 5.19. The lowest BCUT2D eigenvalue weighted by Crippen LogP contribution is -2.23. The Morgan fingerprint density at radius 3 is 2.35 bits per heavy atom. The molecule has 0 bridgehead atoms. The van der Waals surface area contributed by atoms with Gasteiger partial charge < -0.3 is 10.6 Å². The molecule has 1 unspecified atom stereocenters. The van der Waals surface area contributed by atoms with E-state index in [9.17, 15) is 0 Å². The molecule has 1 aromatic rings. The molecule has 0 amide bonds. The minimum absolute atomic E-state index is 0.408. The predicted octanol–water partition coefficient (Wildman–Crippen LogP) is 2.93. The van der Waals surface area contributed by atoms with Gasteiger partial charge >= 0.3 is 0 Å². The summed E-state index contributed by atoms with van der Waals surface area (Å²) in [7, 11) is 1.90. The van der Waals surface area contributed by atoms with Gasteiger partial charge in [0, 0.05) is 18.7 Å². The van der Waals surface area contributed by atoms with E-state index in [4.69, 9.17) is 0 Å². The molecular formula is C13H24N4. The van der Waals surface area contributed by atoms with E-state index in [-0.39, 0.29) is 0 Å². The van der Waals surface area contributed by atoms with Gasteiger partial charge in [-0.3, -0.25) is 0 Å². The van der Waals surface area contributed by atoms with Gasteiger partial charge in [-0.2, -0.15) is 0 Å². The largest absolute Gasteiger partial charge is 0.373 e. The Morgan fingerprint density at radius 1 is 1.18 bits per heavy atom. The fourth-order valence-electron chi connectivity index (χ4n) is 1.62. The number of anilines is 2. The molecule has 0 aromatic carbocycles. The van der Waals surface area contributed by atoms with E-state index >= 15 is 0 Å². The van der Waals surface area contributed by atoms with E-state index in [0.717, 1.165) is 24.5 Å². The number of aromatic nitrogens is 2. The van der Waals surface area contributed by atoms with Crippen LogP contribution in [0.3, 0.4) is 0 Å². The second-order valence-electron chi connectivity index (χ2n) is 4.73. The third kappa shape index (κ3) is 3.58. The molecule has 17 heavy (non-hydrogen) atoms. The molecular weight excluding hydrogens is 212 g/mol. The van der Waals surface area contributed by atoms with E-state index in [1.165, 1.54) is 5.56 Å². The number of hydrogen-bond acceptors (Lipinski definition) is 4. The molecule has 0 aliphatic carbocycles. The highest BCUT2D eigenvalue weighted by Gasteiger charge is 2.13. The van der Waals surface area contributed by atoms with Crippen LogP contribution in [0.2, 0.25) is 0 Å². The zero-order valence-corrected chi connectivity index (χ0v) is 11.5. The molecule has 1 rings (SSSR count). The number of rotatable bonds is 6. The first-order valence-corrected chi connectivity index (χ1v) is 6.38. The van der Waals surface area contributed by atoms with E-state index in [1.54, 1.807) is 6.33 Å². The lowest BCUT2D eigenvalue weighted by atomic mass is 10.1. The zero-order chi connectivity index (χ0) is 12.8. The summed E-state index contributed by atoms with van der Waals surface area (Å²) in [5.74, 6) is 2.48. The summed E-state index contributed by atoms with van der Waals surface area (Å²) in [6, 6.07) is 0.408. The van der Waals surface area contributed by atoms with Crippen molar-refractivity contribution in [2.75, 3.05) is 17.7 Å². The van der Waals surface area contributed by atoms with Crippen molar-refractivity contribution in [2.45, 2.75) is 46.6 Å². The highest BCUT2D eigenvalue weighted by molar-refractivity contribution is 5.57. The van der Waals surface area contributed by atoms with Crippen molar-refractivity contribution in [3.8, 4) is 0 Å². The van der Waals surface area contributed by atoms with E-state index in [1.807, 2.05) is 7.05 Å². The van der Waals surface area contributed by atoms with Crippen LogP contribution in [-0.2, 0) is 6.42 Å². The minimum atomic E-state index is 0.408. The standard InChI is InChI=1S/C13H24N4/c1-6-7-11-12(14-5)15-8-16-13(11)17-10(4)9(2)3/h8-10H,6-7H2,1-5H3,(H2,14,15,16,17). The van der Waals surface area contributed by atoms with Crippen LogP contribution in [0.4, 0.5) is 11.6 Å². The molecule has 0 saturated carbocycles. The van der Waals surface area contributed by atoms with Crippen molar-refractivity contribution < 1.29 is 0 Å². The minimum Gasteiger partial charge on any atom is -0.373 e. The van der Waals surface area contributed by atoms with Gasteiger partial charge in [0.25, 0.3) is 0 Å². The Hall–Kier alpha value is -1.32. The summed E-state index contributed by atoms with van der Waals surface area (Å²) < 4.78 is 0. The van der Waals surface area contributed by atoms with Crippen molar-refractivity contribution in [1.82, 2.24) is 9.97 Å². The van der Waals surface area contributed by atoms with E-state index in [2.05, 4.69) is 48.3 Å². The van der Waals surface area contributed by atoms with Crippen LogP contribution < -0.4 is 10.6 Å². The van der Waals surface area contributed by atoms with Crippen molar-refractivity contribution in [2.24, 2.45) is 5.92 Å². The Balaban J connectivity index is 2.97. The second kappa shape index (κ2) is 6.42. The molecule has 0 radical (unpaired) electrons. The van der Waals surface area contributed by atoms with Crippen LogP contribution >= 0.6 is 0 Å². The molecule has 0 spiro atoms. The van der Waals surface area contributed by atoms with Crippen LogP contribution in [0, 0.1) is 5.92 Å². The molecule has 96 valence electrons. The Labute approximate surface area is 104 Å². The summed E-state index contributed by atoms with van der Waals surface area (Å²) >= 11 is 0. The van der Waals surface area contributed by atoms with Crippen molar-refractivity contribution in [3.63, 3.8) is 0 Å². The SMILES string of the molecule is CCCc1c(NC)ncnc1NC(C)C(C)C. The van der Waals surface area contributed by atoms with Gasteiger partial charge in [-0.25, -0.2) is 9.97 Å². The molecule has 0 aliphatic rings. The van der Waals surface area contributed by atoms with Crippen LogP contribution in [0.5, 0.6) is 0 Å². The smallest absolute Gasteiger partial charge is 0.134 e. The van der Waals surface area contributed by atoms with E-state index < -0.39 is 0 Å². The predicted molar refractivity (Wildman–Crippen MR) is 73.5 cm³/mol. The van der Waals surface area contributed by atoms with Gasteiger partial charge in [-0.15, -0.1) is 0 Å². The lowest BCUT2D eigenvalue weighted by Gasteiger charge is -2.21. The van der Waals surface area contributed by atoms with Crippen LogP contribution in [0.1, 0.15) is 39.7 Å². The van der Waals surface area contributed by atoms with Gasteiger partial charge in [-0.05, 0) is 19.3 Å². The summed E-state index contributed by atoms with van der Waals surface area (Å²) in [6.45, 7) is 8.76. The summed E-state index contributed by atoms with van der Waals surface area (Å²) in [6.07, 6.45) is 3.69. The third-order valence-electron chi connectivity index (χ3n) is 3.05. The molecule has 0 saturated heterocycles. The molecule has 4 nitrogen and oxygen atoms in total. The summed E-state index contributed by atoms with van der Waals surface area (Å²) in [4.78, 5) is 8.63. The highest BCUT2D eigenvalue weighted by Crippen LogP contribution is 2.22. The fourth-order valence-corrected chi connectivity index (χ4v) is 1.62. The fraction of sp³-hybridized carbons (Fsp3) is 0.692. The Morgan fingerprint density at radius 2 is 1.82 bits per heavy atom. The maximum absolute atomic E-state index is 4.37. The monoisotopic (exact) mass is 236 g/mol. The highest BCUT2D eigenvalue weighted by atomic mass is 15.1. The number of hydrogen-bond donors (Lipinski definition) is 2. The molecule has 1 heterocycles. The first-order chi connectivity index (χ1) is 8.10. The summed E-state index contributed by atoms with van der Waals surface area (Å²) in [5.41, 5.74) is 1.19. The Bertz CT molecular complexity index is 349. The van der Waals surface area contributed by atoms with Crippen molar-refractivity contribution in [3.05, 3.63) is 11.9 Å². The third-order valence-corrected chi connectivity index (χ3v) is 3.05. The van der Waals surface area contributed by atoms with Gasteiger partial charge in [0.15, 0.2) is 0 Å². The quantitative estimate of drug-likeness (QED) is 0.797. The number of nitrogens with one attached hydrogen (secondary N) is 2. The van der Waals surface area contributed by atoms with Gasteiger partial charge in [0.05, 0.1) is 0 Å². The van der Waals surface area contributed by atoms with Gasteiger partial charge in [-0.1, -0.05) is 27.2 Å². The first kappa shape index (κ1) is 13.7. The normalized spacial score (nSPS) is 12.6. The van der Waals surface area contributed by atoms with Crippen LogP contribution in [0.15, 0.2) is 6.33 Å². The topological polar surface area (TPSA) is 49.8 Å². The van der Waals surface area contributed by atoms with Gasteiger partial charge in [0.2, 0.25) is 0 Å². The maximum Gasteiger partial charge on any atom is 0.134 e. The number of nitrogens with zero attached hydrogens (tertiary/aromatic N) is 2. The first-order valence-electron chi connectivity index (χ1n) is 6.38. The average Bonchev–Trinajstić information content (AvgIpc) is 2.31. The molecule has 1 atom stereocenters. The van der Waals surface area contributed by atoms with Gasteiger partial charge in [0.1, 0.15) is 18.0 Å². The lowest BCUT2D eigenvalue weighted by molar-refractivity contribution is 0.557. The zero-order valence-electron chi connectivity index (χ0n) is 11.5. The summed E-state index contributed by atoms with van der Waals surface area (Å²) in [5, 5.41) is 6.61.